The van der Waals surface area contributed by atoms with Gasteiger partial charge < -0.3 is 15.7 Å². The molecule has 1 saturated carbocycles. The van der Waals surface area contributed by atoms with Crippen LogP contribution in [0.2, 0.25) is 0 Å². The Bertz CT molecular complexity index is 433. The van der Waals surface area contributed by atoms with Crippen molar-refractivity contribution in [2.75, 3.05) is 6.54 Å². The van der Waals surface area contributed by atoms with Crippen molar-refractivity contribution in [2.45, 2.75) is 51.7 Å². The highest BCUT2D eigenvalue weighted by atomic mass is 32.1. The number of amides is 2. The summed E-state index contributed by atoms with van der Waals surface area (Å²) in [6.45, 7) is 4.99. The first-order chi connectivity index (χ1) is 10.0. The molecule has 3 atom stereocenters. The fourth-order valence-corrected chi connectivity index (χ4v) is 3.68. The molecule has 2 amide bonds. The van der Waals surface area contributed by atoms with E-state index in [1.165, 1.54) is 4.88 Å². The zero-order chi connectivity index (χ0) is 15.2. The van der Waals surface area contributed by atoms with Gasteiger partial charge in [0, 0.05) is 11.4 Å². The Morgan fingerprint density at radius 1 is 1.48 bits per heavy atom. The first-order valence-electron chi connectivity index (χ1n) is 7.80. The molecule has 1 fully saturated rings. The fourth-order valence-electron chi connectivity index (χ4n) is 2.89. The second-order valence-corrected chi connectivity index (χ2v) is 7.36. The van der Waals surface area contributed by atoms with Crippen molar-refractivity contribution in [3.63, 3.8) is 0 Å². The predicted molar refractivity (Wildman–Crippen MR) is 86.4 cm³/mol. The van der Waals surface area contributed by atoms with E-state index in [0.717, 1.165) is 25.7 Å². The third-order valence-electron chi connectivity index (χ3n) is 3.96. The predicted octanol–water partition coefficient (Wildman–Crippen LogP) is 3.30. The molecular formula is C16H26N2O2S. The molecule has 3 N–H and O–H groups in total. The number of nitrogens with one attached hydrogen (secondary N) is 2. The number of aliphatic hydroxyl groups is 1. The number of hydrogen-bond donors (Lipinski definition) is 3. The summed E-state index contributed by atoms with van der Waals surface area (Å²) >= 11 is 1.68. The molecule has 5 heteroatoms. The van der Waals surface area contributed by atoms with Crippen molar-refractivity contribution in [3.8, 4) is 0 Å². The van der Waals surface area contributed by atoms with E-state index in [-0.39, 0.29) is 18.2 Å². The maximum Gasteiger partial charge on any atom is 0.315 e. The standard InChI is InChI=1S/C16H26N2O2S/c1-11(2)8-14(15-4-3-7-21-15)18-16(20)17-10-12-5-6-13(19)9-12/h3-4,7,11-14,19H,5-6,8-10H2,1-2H3,(H2,17,18,20)/t12-,13+,14+/m1/s1. The van der Waals surface area contributed by atoms with Crippen LogP contribution >= 0.6 is 11.3 Å². The first-order valence-corrected chi connectivity index (χ1v) is 8.68. The third kappa shape index (κ3) is 5.32. The van der Waals surface area contributed by atoms with Crippen LogP contribution in [0.15, 0.2) is 17.5 Å². The molecule has 0 bridgehead atoms. The van der Waals surface area contributed by atoms with Gasteiger partial charge in [-0.2, -0.15) is 0 Å². The van der Waals surface area contributed by atoms with Crippen LogP contribution in [0.25, 0.3) is 0 Å². The topological polar surface area (TPSA) is 61.4 Å². The van der Waals surface area contributed by atoms with Gasteiger partial charge in [-0.1, -0.05) is 19.9 Å². The first kappa shape index (κ1) is 16.3. The Hall–Kier alpha value is -1.07. The normalized spacial score (nSPS) is 23.2. The summed E-state index contributed by atoms with van der Waals surface area (Å²) in [5.41, 5.74) is 0. The SMILES string of the molecule is CC(C)C[C@H](NC(=O)NC[C@@H]1CC[C@H](O)C1)c1cccs1. The maximum absolute atomic E-state index is 12.1. The van der Waals surface area contributed by atoms with Gasteiger partial charge in [0.05, 0.1) is 12.1 Å². The summed E-state index contributed by atoms with van der Waals surface area (Å²) in [5, 5.41) is 17.6. The number of urea groups is 1. The molecule has 0 radical (unpaired) electrons. The highest BCUT2D eigenvalue weighted by molar-refractivity contribution is 7.10. The van der Waals surface area contributed by atoms with Crippen LogP contribution in [0.4, 0.5) is 4.79 Å². The van der Waals surface area contributed by atoms with Gasteiger partial charge in [-0.3, -0.25) is 0 Å². The van der Waals surface area contributed by atoms with Gasteiger partial charge >= 0.3 is 6.03 Å². The van der Waals surface area contributed by atoms with Crippen LogP contribution in [-0.4, -0.2) is 23.8 Å². The Morgan fingerprint density at radius 2 is 2.29 bits per heavy atom. The van der Waals surface area contributed by atoms with Gasteiger partial charge in [-0.25, -0.2) is 4.79 Å². The van der Waals surface area contributed by atoms with E-state index in [1.54, 1.807) is 11.3 Å². The van der Waals surface area contributed by atoms with Gasteiger partial charge in [0.15, 0.2) is 0 Å². The minimum atomic E-state index is -0.181. The van der Waals surface area contributed by atoms with Gasteiger partial charge in [0.25, 0.3) is 0 Å². The monoisotopic (exact) mass is 310 g/mol. The zero-order valence-electron chi connectivity index (χ0n) is 12.8. The number of carbonyl (C=O) groups is 1. The third-order valence-corrected chi connectivity index (χ3v) is 4.95. The van der Waals surface area contributed by atoms with Crippen LogP contribution in [0.3, 0.4) is 0 Å². The van der Waals surface area contributed by atoms with Crippen molar-refractivity contribution in [1.82, 2.24) is 10.6 Å². The van der Waals surface area contributed by atoms with E-state index in [1.807, 2.05) is 11.4 Å². The van der Waals surface area contributed by atoms with Crippen LogP contribution in [0.1, 0.15) is 50.4 Å². The van der Waals surface area contributed by atoms with Crippen molar-refractivity contribution in [2.24, 2.45) is 11.8 Å². The molecule has 1 aliphatic carbocycles. The van der Waals surface area contributed by atoms with E-state index in [2.05, 4.69) is 30.5 Å². The lowest BCUT2D eigenvalue weighted by molar-refractivity contribution is 0.177. The molecule has 0 aliphatic heterocycles. The summed E-state index contributed by atoms with van der Waals surface area (Å²) in [5.74, 6) is 0.943. The van der Waals surface area contributed by atoms with Crippen LogP contribution in [0, 0.1) is 11.8 Å². The summed E-state index contributed by atoms with van der Waals surface area (Å²) in [6, 6.07) is 4.08. The molecule has 0 saturated heterocycles. The molecule has 0 aromatic carbocycles. The summed E-state index contributed by atoms with van der Waals surface area (Å²) < 4.78 is 0. The van der Waals surface area contributed by atoms with Crippen molar-refractivity contribution in [3.05, 3.63) is 22.4 Å². The van der Waals surface area contributed by atoms with E-state index >= 15 is 0 Å². The zero-order valence-corrected chi connectivity index (χ0v) is 13.7. The minimum Gasteiger partial charge on any atom is -0.393 e. The average molecular weight is 310 g/mol. The number of aliphatic hydroxyl groups excluding tert-OH is 1. The molecule has 0 unspecified atom stereocenters. The van der Waals surface area contributed by atoms with Crippen molar-refractivity contribution < 1.29 is 9.90 Å². The fraction of sp³-hybridized carbons (Fsp3) is 0.688. The lowest BCUT2D eigenvalue weighted by Crippen LogP contribution is -2.40. The van der Waals surface area contributed by atoms with Crippen LogP contribution in [-0.2, 0) is 0 Å². The molecular weight excluding hydrogens is 284 g/mol. The highest BCUT2D eigenvalue weighted by Crippen LogP contribution is 2.26. The molecule has 1 aromatic rings. The second-order valence-electron chi connectivity index (χ2n) is 6.38. The molecule has 1 aromatic heterocycles. The lowest BCUT2D eigenvalue weighted by Gasteiger charge is -2.20. The summed E-state index contributed by atoms with van der Waals surface area (Å²) in [7, 11) is 0. The minimum absolute atomic E-state index is 0.0826. The second kappa shape index (κ2) is 7.80. The highest BCUT2D eigenvalue weighted by Gasteiger charge is 2.23. The maximum atomic E-state index is 12.1. The molecule has 21 heavy (non-hydrogen) atoms. The van der Waals surface area contributed by atoms with Crippen molar-refractivity contribution >= 4 is 17.4 Å². The number of hydrogen-bond acceptors (Lipinski definition) is 3. The number of rotatable bonds is 6. The molecule has 4 nitrogen and oxygen atoms in total. The molecule has 1 aliphatic rings. The van der Waals surface area contributed by atoms with Gasteiger partial charge in [0.2, 0.25) is 0 Å². The van der Waals surface area contributed by atoms with E-state index in [0.29, 0.717) is 18.4 Å². The smallest absolute Gasteiger partial charge is 0.315 e. The quantitative estimate of drug-likeness (QED) is 0.755. The molecule has 0 spiro atoms. The van der Waals surface area contributed by atoms with E-state index in [9.17, 15) is 9.90 Å². The van der Waals surface area contributed by atoms with Gasteiger partial charge in [-0.15, -0.1) is 11.3 Å². The Kier molecular flexibility index (Phi) is 6.06. The Balaban J connectivity index is 1.80. The number of carbonyl (C=O) groups excluding carboxylic acids is 1. The molecule has 2 rings (SSSR count). The largest absolute Gasteiger partial charge is 0.393 e. The van der Waals surface area contributed by atoms with E-state index in [4.69, 9.17) is 0 Å². The van der Waals surface area contributed by atoms with Crippen molar-refractivity contribution in [1.29, 1.82) is 0 Å². The summed E-state index contributed by atoms with van der Waals surface area (Å²) in [4.78, 5) is 13.3. The number of thiophene rings is 1. The molecule has 118 valence electrons. The van der Waals surface area contributed by atoms with Gasteiger partial charge in [0.1, 0.15) is 0 Å². The van der Waals surface area contributed by atoms with E-state index < -0.39 is 0 Å². The van der Waals surface area contributed by atoms with Gasteiger partial charge in [-0.05, 0) is 49.0 Å². The Morgan fingerprint density at radius 3 is 2.86 bits per heavy atom. The lowest BCUT2D eigenvalue weighted by atomic mass is 10.0. The van der Waals surface area contributed by atoms with Crippen LogP contribution in [0.5, 0.6) is 0 Å². The van der Waals surface area contributed by atoms with Crippen LogP contribution < -0.4 is 10.6 Å². The Labute approximate surface area is 131 Å². The average Bonchev–Trinajstić information content (AvgIpc) is 3.06. The molecule has 1 heterocycles. The summed E-state index contributed by atoms with van der Waals surface area (Å²) in [6.07, 6.45) is 3.43.